The van der Waals surface area contributed by atoms with E-state index in [-0.39, 0.29) is 17.5 Å². The van der Waals surface area contributed by atoms with Crippen LogP contribution in [0.4, 0.5) is 0 Å². The third-order valence-electron chi connectivity index (χ3n) is 4.48. The van der Waals surface area contributed by atoms with Crippen LogP contribution in [-0.4, -0.2) is 37.9 Å². The molecule has 0 aliphatic rings. The van der Waals surface area contributed by atoms with Crippen LogP contribution in [0.3, 0.4) is 0 Å². The zero-order chi connectivity index (χ0) is 20.4. The number of carboxylic acids is 1. The number of ether oxygens (including phenoxy) is 1. The molecule has 2 atom stereocenters. The molecule has 1 aromatic carbocycles. The van der Waals surface area contributed by atoms with E-state index in [1.807, 2.05) is 0 Å². The molecule has 0 spiro atoms. The van der Waals surface area contributed by atoms with Crippen molar-refractivity contribution in [2.75, 3.05) is 7.11 Å². The van der Waals surface area contributed by atoms with Gasteiger partial charge in [0.15, 0.2) is 5.69 Å². The SMILES string of the molecule is COc1c(C(=O)O)nc(C(C)C(c2nnco2)c2ccccc2Cl)n(C)c1=O. The van der Waals surface area contributed by atoms with Crippen LogP contribution in [-0.2, 0) is 7.05 Å². The molecular formula is C18H17ClN4O5. The number of benzene rings is 1. The molecule has 2 unspecified atom stereocenters. The Bertz CT molecular complexity index is 1060. The van der Waals surface area contributed by atoms with E-state index < -0.39 is 29.1 Å². The van der Waals surface area contributed by atoms with E-state index in [1.54, 1.807) is 31.2 Å². The van der Waals surface area contributed by atoms with Crippen LogP contribution < -0.4 is 10.3 Å². The fourth-order valence-electron chi connectivity index (χ4n) is 3.14. The van der Waals surface area contributed by atoms with Crippen LogP contribution in [0.1, 0.15) is 46.5 Å². The van der Waals surface area contributed by atoms with Crippen molar-refractivity contribution < 1.29 is 19.1 Å². The van der Waals surface area contributed by atoms with E-state index in [0.717, 1.165) is 0 Å². The number of methoxy groups -OCH3 is 1. The number of aromatic nitrogens is 4. The van der Waals surface area contributed by atoms with Gasteiger partial charge in [0.2, 0.25) is 18.0 Å². The summed E-state index contributed by atoms with van der Waals surface area (Å²) in [4.78, 5) is 28.4. The van der Waals surface area contributed by atoms with Gasteiger partial charge in [-0.2, -0.15) is 0 Å². The van der Waals surface area contributed by atoms with Crippen LogP contribution in [0, 0.1) is 0 Å². The van der Waals surface area contributed by atoms with Gasteiger partial charge in [-0.1, -0.05) is 36.7 Å². The van der Waals surface area contributed by atoms with Crippen LogP contribution in [0.5, 0.6) is 5.75 Å². The number of hydrogen-bond acceptors (Lipinski definition) is 7. The molecule has 0 aliphatic carbocycles. The third kappa shape index (κ3) is 3.36. The highest BCUT2D eigenvalue weighted by molar-refractivity contribution is 6.31. The Morgan fingerprint density at radius 1 is 1.36 bits per heavy atom. The molecule has 0 bridgehead atoms. The highest BCUT2D eigenvalue weighted by Crippen LogP contribution is 2.39. The smallest absolute Gasteiger partial charge is 0.358 e. The molecule has 3 rings (SSSR count). The molecule has 0 saturated carbocycles. The maximum atomic E-state index is 12.6. The molecule has 3 aromatic rings. The molecule has 0 amide bonds. The summed E-state index contributed by atoms with van der Waals surface area (Å²) in [6, 6.07) is 7.11. The topological polar surface area (TPSA) is 120 Å². The first-order valence-electron chi connectivity index (χ1n) is 8.25. The quantitative estimate of drug-likeness (QED) is 0.665. The van der Waals surface area contributed by atoms with Crippen molar-refractivity contribution in [3.8, 4) is 5.75 Å². The van der Waals surface area contributed by atoms with Crippen LogP contribution in [0.15, 0.2) is 39.9 Å². The monoisotopic (exact) mass is 404 g/mol. The lowest BCUT2D eigenvalue weighted by molar-refractivity contribution is 0.0685. The summed E-state index contributed by atoms with van der Waals surface area (Å²) in [5, 5.41) is 17.6. The maximum absolute atomic E-state index is 12.6. The van der Waals surface area contributed by atoms with Crippen molar-refractivity contribution in [3.63, 3.8) is 0 Å². The van der Waals surface area contributed by atoms with Gasteiger partial charge in [0.05, 0.1) is 13.0 Å². The number of hydrogen-bond donors (Lipinski definition) is 1. The van der Waals surface area contributed by atoms with Crippen molar-refractivity contribution in [1.29, 1.82) is 0 Å². The Hall–Kier alpha value is -3.20. The second-order valence-corrected chi connectivity index (χ2v) is 6.49. The van der Waals surface area contributed by atoms with Gasteiger partial charge in [-0.3, -0.25) is 9.36 Å². The molecule has 0 saturated heterocycles. The largest absolute Gasteiger partial charge is 0.489 e. The van der Waals surface area contributed by atoms with Gasteiger partial charge < -0.3 is 14.3 Å². The molecular weight excluding hydrogens is 388 g/mol. The van der Waals surface area contributed by atoms with Gasteiger partial charge >= 0.3 is 5.97 Å². The number of halogens is 1. The second kappa shape index (κ2) is 7.81. The Morgan fingerprint density at radius 2 is 2.07 bits per heavy atom. The first-order chi connectivity index (χ1) is 13.4. The molecule has 146 valence electrons. The molecule has 0 aliphatic heterocycles. The van der Waals surface area contributed by atoms with E-state index >= 15 is 0 Å². The van der Waals surface area contributed by atoms with E-state index in [9.17, 15) is 14.7 Å². The molecule has 0 radical (unpaired) electrons. The van der Waals surface area contributed by atoms with Crippen molar-refractivity contribution in [2.24, 2.45) is 7.05 Å². The van der Waals surface area contributed by atoms with Crippen molar-refractivity contribution in [1.82, 2.24) is 19.7 Å². The van der Waals surface area contributed by atoms with Crippen molar-refractivity contribution in [2.45, 2.75) is 18.8 Å². The van der Waals surface area contributed by atoms with Crippen LogP contribution in [0.2, 0.25) is 5.02 Å². The first kappa shape index (κ1) is 19.6. The van der Waals surface area contributed by atoms with Gasteiger partial charge in [-0.05, 0) is 11.6 Å². The third-order valence-corrected chi connectivity index (χ3v) is 4.83. The Labute approximate surface area is 164 Å². The molecule has 2 aromatic heterocycles. The number of rotatable bonds is 6. The maximum Gasteiger partial charge on any atom is 0.358 e. The first-order valence-corrected chi connectivity index (χ1v) is 8.63. The van der Waals surface area contributed by atoms with E-state index in [1.165, 1.54) is 25.1 Å². The minimum atomic E-state index is -1.37. The number of carboxylic acid groups (broad SMARTS) is 1. The van der Waals surface area contributed by atoms with Crippen LogP contribution >= 0.6 is 11.6 Å². The van der Waals surface area contributed by atoms with Gasteiger partial charge in [-0.15, -0.1) is 10.2 Å². The average molecular weight is 405 g/mol. The fraction of sp³-hybridized carbons (Fsp3) is 0.278. The average Bonchev–Trinajstić information content (AvgIpc) is 3.19. The predicted octanol–water partition coefficient (Wildman–Crippen LogP) is 2.46. The van der Waals surface area contributed by atoms with Gasteiger partial charge in [0.1, 0.15) is 5.82 Å². The standard InChI is InChI=1S/C18H17ClN4O5/c1-9(15-21-13(18(25)26)14(27-3)17(24)23(15)2)12(16-22-20-8-28-16)10-6-4-5-7-11(10)19/h4-9,12H,1-3H3,(H,25,26). The zero-order valence-electron chi connectivity index (χ0n) is 15.3. The summed E-state index contributed by atoms with van der Waals surface area (Å²) >= 11 is 6.37. The Kier molecular flexibility index (Phi) is 5.46. The number of aromatic carboxylic acids is 1. The minimum absolute atomic E-state index is 0.214. The molecule has 28 heavy (non-hydrogen) atoms. The summed E-state index contributed by atoms with van der Waals surface area (Å²) in [6.45, 7) is 1.78. The normalized spacial score (nSPS) is 13.1. The summed E-state index contributed by atoms with van der Waals surface area (Å²) in [6.07, 6.45) is 1.19. The summed E-state index contributed by atoms with van der Waals surface area (Å²) in [5.41, 5.74) is -0.390. The van der Waals surface area contributed by atoms with E-state index in [0.29, 0.717) is 10.6 Å². The fourth-order valence-corrected chi connectivity index (χ4v) is 3.40. The predicted molar refractivity (Wildman–Crippen MR) is 99.0 cm³/mol. The molecule has 1 N–H and O–H groups in total. The second-order valence-electron chi connectivity index (χ2n) is 6.09. The minimum Gasteiger partial charge on any atom is -0.489 e. The molecule has 10 heteroatoms. The molecule has 9 nitrogen and oxygen atoms in total. The van der Waals surface area contributed by atoms with Gasteiger partial charge in [0.25, 0.3) is 5.56 Å². The molecule has 0 fully saturated rings. The van der Waals surface area contributed by atoms with E-state index in [2.05, 4.69) is 15.2 Å². The summed E-state index contributed by atoms with van der Waals surface area (Å²) < 4.78 is 11.6. The number of nitrogens with zero attached hydrogens (tertiary/aromatic N) is 4. The highest BCUT2D eigenvalue weighted by atomic mass is 35.5. The van der Waals surface area contributed by atoms with Gasteiger partial charge in [-0.25, -0.2) is 9.78 Å². The zero-order valence-corrected chi connectivity index (χ0v) is 16.0. The van der Waals surface area contributed by atoms with Crippen LogP contribution in [0.25, 0.3) is 0 Å². The summed E-state index contributed by atoms with van der Waals surface area (Å²) in [5.74, 6) is -2.30. The van der Waals surface area contributed by atoms with Crippen molar-refractivity contribution in [3.05, 3.63) is 69.0 Å². The highest BCUT2D eigenvalue weighted by Gasteiger charge is 2.33. The van der Waals surface area contributed by atoms with Crippen molar-refractivity contribution >= 4 is 17.6 Å². The Balaban J connectivity index is 2.23. The number of carbonyl (C=O) groups is 1. The van der Waals surface area contributed by atoms with E-state index in [4.69, 9.17) is 20.8 Å². The Morgan fingerprint density at radius 3 is 2.64 bits per heavy atom. The van der Waals surface area contributed by atoms with Gasteiger partial charge in [0, 0.05) is 18.0 Å². The lowest BCUT2D eigenvalue weighted by atomic mass is 9.86. The summed E-state index contributed by atoms with van der Waals surface area (Å²) in [7, 11) is 2.71. The lowest BCUT2D eigenvalue weighted by Gasteiger charge is -2.24. The molecule has 2 heterocycles. The lowest BCUT2D eigenvalue weighted by Crippen LogP contribution is -2.29.